The van der Waals surface area contributed by atoms with E-state index < -0.39 is 0 Å². The molecule has 0 saturated carbocycles. The van der Waals surface area contributed by atoms with Gasteiger partial charge in [0.05, 0.1) is 0 Å². The van der Waals surface area contributed by atoms with Crippen molar-refractivity contribution in [2.75, 3.05) is 0 Å². The zero-order valence-corrected chi connectivity index (χ0v) is 15.1. The van der Waals surface area contributed by atoms with E-state index in [2.05, 4.69) is 32.9 Å². The second kappa shape index (κ2) is 11.1. The van der Waals surface area contributed by atoms with Gasteiger partial charge in [0.25, 0.3) is 0 Å². The van der Waals surface area contributed by atoms with E-state index in [0.717, 1.165) is 0 Å². The average molecular weight is 309 g/mol. The Bertz CT molecular complexity index is 395. The number of unbranched alkanes of at least 4 members (excludes halogenated alkanes) is 8. The van der Waals surface area contributed by atoms with Crippen LogP contribution in [0.5, 0.6) is 0 Å². The van der Waals surface area contributed by atoms with Crippen LogP contribution < -0.4 is 0 Å². The van der Waals surface area contributed by atoms with Gasteiger partial charge in [-0.05, 0) is 48.9 Å². The van der Waals surface area contributed by atoms with Crippen LogP contribution in [0.25, 0.3) is 0 Å². The van der Waals surface area contributed by atoms with Crippen molar-refractivity contribution in [2.45, 2.75) is 90.9 Å². The second-order valence-electron chi connectivity index (χ2n) is 6.36. The zero-order valence-electron chi connectivity index (χ0n) is 14.3. The number of hydrogen-bond donors (Lipinski definition) is 0. The van der Waals surface area contributed by atoms with Crippen molar-refractivity contribution in [3.63, 3.8) is 0 Å². The minimum Gasteiger partial charge on any atom is -0.122 e. The third kappa shape index (κ3) is 6.87. The maximum Gasteiger partial charge on any atom is 0.0476 e. The Kier molecular flexibility index (Phi) is 9.83. The molecular formula is C20H33Cl. The Labute approximate surface area is 137 Å². The number of halogens is 1. The molecule has 0 unspecified atom stereocenters. The Morgan fingerprint density at radius 2 is 1.38 bits per heavy atom. The molecule has 0 radical (unpaired) electrons. The standard InChI is InChI=1S/C20H33Cl/c1-4-5-6-7-8-9-10-11-12-13-20-18(3)17(2)14-15-19(20)16-21/h14-15H,4-13,16H2,1-3H3. The summed E-state index contributed by atoms with van der Waals surface area (Å²) in [7, 11) is 0. The molecule has 1 aromatic rings. The summed E-state index contributed by atoms with van der Waals surface area (Å²) in [6, 6.07) is 4.41. The monoisotopic (exact) mass is 308 g/mol. The molecule has 0 aliphatic rings. The molecule has 0 aliphatic heterocycles. The maximum atomic E-state index is 6.08. The van der Waals surface area contributed by atoms with Gasteiger partial charge in [-0.1, -0.05) is 70.4 Å². The predicted molar refractivity (Wildman–Crippen MR) is 96.4 cm³/mol. The van der Waals surface area contributed by atoms with Crippen LogP contribution in [0.1, 0.15) is 87.0 Å². The first-order valence-electron chi connectivity index (χ1n) is 8.84. The number of benzene rings is 1. The topological polar surface area (TPSA) is 0 Å². The fraction of sp³-hybridized carbons (Fsp3) is 0.700. The van der Waals surface area contributed by atoms with Crippen molar-refractivity contribution in [3.8, 4) is 0 Å². The normalized spacial score (nSPS) is 11.0. The molecule has 1 rings (SSSR count). The van der Waals surface area contributed by atoms with Gasteiger partial charge in [0.2, 0.25) is 0 Å². The molecule has 21 heavy (non-hydrogen) atoms. The SMILES string of the molecule is CCCCCCCCCCCc1c(CCl)ccc(C)c1C. The highest BCUT2D eigenvalue weighted by atomic mass is 35.5. The Balaban J connectivity index is 2.22. The zero-order chi connectivity index (χ0) is 15.5. The molecule has 1 aromatic carbocycles. The fourth-order valence-corrected chi connectivity index (χ4v) is 3.27. The Morgan fingerprint density at radius 3 is 1.95 bits per heavy atom. The Hall–Kier alpha value is -0.490. The fourth-order valence-electron chi connectivity index (χ4n) is 3.02. The molecule has 0 spiro atoms. The van der Waals surface area contributed by atoms with Gasteiger partial charge in [-0.3, -0.25) is 0 Å². The molecule has 1 heteroatoms. The van der Waals surface area contributed by atoms with Crippen molar-refractivity contribution in [1.29, 1.82) is 0 Å². The van der Waals surface area contributed by atoms with Gasteiger partial charge in [-0.25, -0.2) is 0 Å². The third-order valence-electron chi connectivity index (χ3n) is 4.64. The molecule has 0 atom stereocenters. The van der Waals surface area contributed by atoms with Crippen molar-refractivity contribution in [1.82, 2.24) is 0 Å². The third-order valence-corrected chi connectivity index (χ3v) is 4.93. The molecule has 120 valence electrons. The smallest absolute Gasteiger partial charge is 0.0476 e. The molecule has 0 N–H and O–H groups in total. The highest BCUT2D eigenvalue weighted by Crippen LogP contribution is 2.22. The van der Waals surface area contributed by atoms with Crippen LogP contribution in [-0.2, 0) is 12.3 Å². The number of aryl methyl sites for hydroxylation is 1. The first-order chi connectivity index (χ1) is 10.2. The number of rotatable bonds is 11. The van der Waals surface area contributed by atoms with Crippen LogP contribution >= 0.6 is 11.6 Å². The highest BCUT2D eigenvalue weighted by molar-refractivity contribution is 6.17. The molecule has 0 bridgehead atoms. The van der Waals surface area contributed by atoms with Gasteiger partial charge in [-0.15, -0.1) is 11.6 Å². The van der Waals surface area contributed by atoms with E-state index in [0.29, 0.717) is 5.88 Å². The van der Waals surface area contributed by atoms with Crippen LogP contribution in [0.4, 0.5) is 0 Å². The summed E-state index contributed by atoms with van der Waals surface area (Å²) in [6.45, 7) is 6.73. The predicted octanol–water partition coefficient (Wildman–Crippen LogP) is 7.12. The minimum atomic E-state index is 0.647. The van der Waals surface area contributed by atoms with Crippen molar-refractivity contribution < 1.29 is 0 Å². The lowest BCUT2D eigenvalue weighted by Gasteiger charge is -2.13. The van der Waals surface area contributed by atoms with Gasteiger partial charge in [0.1, 0.15) is 0 Å². The van der Waals surface area contributed by atoms with E-state index in [1.807, 2.05) is 0 Å². The van der Waals surface area contributed by atoms with E-state index >= 15 is 0 Å². The lowest BCUT2D eigenvalue weighted by Crippen LogP contribution is -1.98. The largest absolute Gasteiger partial charge is 0.122 e. The van der Waals surface area contributed by atoms with Gasteiger partial charge >= 0.3 is 0 Å². The first kappa shape index (κ1) is 18.6. The van der Waals surface area contributed by atoms with Crippen LogP contribution in [0, 0.1) is 13.8 Å². The summed E-state index contributed by atoms with van der Waals surface area (Å²) in [5.41, 5.74) is 5.69. The molecule has 0 aromatic heterocycles. The molecular weight excluding hydrogens is 276 g/mol. The van der Waals surface area contributed by atoms with Gasteiger partial charge < -0.3 is 0 Å². The van der Waals surface area contributed by atoms with Crippen molar-refractivity contribution in [3.05, 3.63) is 34.4 Å². The maximum absolute atomic E-state index is 6.08. The van der Waals surface area contributed by atoms with Crippen LogP contribution in [0.15, 0.2) is 12.1 Å². The summed E-state index contributed by atoms with van der Waals surface area (Å²) in [5.74, 6) is 0.647. The minimum absolute atomic E-state index is 0.647. The van der Waals surface area contributed by atoms with E-state index in [1.165, 1.54) is 86.5 Å². The summed E-state index contributed by atoms with van der Waals surface area (Å²) in [6.07, 6.45) is 13.7. The van der Waals surface area contributed by atoms with E-state index in [1.54, 1.807) is 0 Å². The molecule has 0 heterocycles. The van der Waals surface area contributed by atoms with Gasteiger partial charge in [0.15, 0.2) is 0 Å². The lowest BCUT2D eigenvalue weighted by molar-refractivity contribution is 0.564. The summed E-state index contributed by atoms with van der Waals surface area (Å²) in [5, 5.41) is 0. The molecule has 0 saturated heterocycles. The van der Waals surface area contributed by atoms with E-state index in [-0.39, 0.29) is 0 Å². The molecule has 0 amide bonds. The van der Waals surface area contributed by atoms with Crippen molar-refractivity contribution >= 4 is 11.6 Å². The first-order valence-corrected chi connectivity index (χ1v) is 9.38. The molecule has 0 fully saturated rings. The highest BCUT2D eigenvalue weighted by Gasteiger charge is 2.07. The number of alkyl halides is 1. The quantitative estimate of drug-likeness (QED) is 0.301. The average Bonchev–Trinajstić information content (AvgIpc) is 2.49. The summed E-state index contributed by atoms with van der Waals surface area (Å²) in [4.78, 5) is 0. The Morgan fingerprint density at radius 1 is 0.810 bits per heavy atom. The molecule has 0 nitrogen and oxygen atoms in total. The van der Waals surface area contributed by atoms with Crippen LogP contribution in [0.2, 0.25) is 0 Å². The number of hydrogen-bond acceptors (Lipinski definition) is 0. The van der Waals surface area contributed by atoms with Crippen molar-refractivity contribution in [2.24, 2.45) is 0 Å². The van der Waals surface area contributed by atoms with E-state index in [4.69, 9.17) is 11.6 Å². The van der Waals surface area contributed by atoms with Gasteiger partial charge in [-0.2, -0.15) is 0 Å². The van der Waals surface area contributed by atoms with Crippen LogP contribution in [0.3, 0.4) is 0 Å². The second-order valence-corrected chi connectivity index (χ2v) is 6.62. The lowest BCUT2D eigenvalue weighted by atomic mass is 9.94. The van der Waals surface area contributed by atoms with Gasteiger partial charge in [0, 0.05) is 5.88 Å². The van der Waals surface area contributed by atoms with Crippen LogP contribution in [-0.4, -0.2) is 0 Å². The summed E-state index contributed by atoms with van der Waals surface area (Å²) < 4.78 is 0. The summed E-state index contributed by atoms with van der Waals surface area (Å²) >= 11 is 6.08. The molecule has 0 aliphatic carbocycles. The van der Waals surface area contributed by atoms with E-state index in [9.17, 15) is 0 Å².